The van der Waals surface area contributed by atoms with E-state index in [1.807, 2.05) is 35.7 Å². The van der Waals surface area contributed by atoms with Gasteiger partial charge >= 0.3 is 0 Å². The van der Waals surface area contributed by atoms with Crippen molar-refractivity contribution in [1.29, 1.82) is 0 Å². The smallest absolute Gasteiger partial charge is 0.279 e. The van der Waals surface area contributed by atoms with Gasteiger partial charge in [0.25, 0.3) is 5.91 Å². The zero-order valence-corrected chi connectivity index (χ0v) is 10.6. The molecule has 2 aromatic heterocycles. The minimum Gasteiger partial charge on any atom is -0.451 e. The number of carbonyl (C=O) groups excluding carboxylic acids is 1. The van der Waals surface area contributed by atoms with Crippen LogP contribution in [0.5, 0.6) is 0 Å². The molecule has 2 heterocycles. The fourth-order valence-corrected chi connectivity index (χ4v) is 2.27. The quantitative estimate of drug-likeness (QED) is 0.795. The van der Waals surface area contributed by atoms with Gasteiger partial charge in [-0.3, -0.25) is 10.1 Å². The average Bonchev–Trinajstić information content (AvgIpc) is 3.11. The molecule has 19 heavy (non-hydrogen) atoms. The molecule has 0 atom stereocenters. The van der Waals surface area contributed by atoms with Crippen molar-refractivity contribution in [2.24, 2.45) is 0 Å². The van der Waals surface area contributed by atoms with E-state index in [1.54, 1.807) is 0 Å². The van der Waals surface area contributed by atoms with Gasteiger partial charge in [0.15, 0.2) is 17.2 Å². The first-order chi connectivity index (χ1) is 9.33. The summed E-state index contributed by atoms with van der Waals surface area (Å²) in [6, 6.07) is 9.78. The lowest BCUT2D eigenvalue weighted by molar-refractivity contribution is 0.102. The molecule has 0 saturated heterocycles. The first kappa shape index (κ1) is 11.6. The monoisotopic (exact) mass is 271 g/mol. The summed E-state index contributed by atoms with van der Waals surface area (Å²) in [6.45, 7) is 0. The van der Waals surface area contributed by atoms with E-state index in [4.69, 9.17) is 4.42 Å². The number of aromatic nitrogens is 2. The third-order valence-electron chi connectivity index (χ3n) is 2.46. The predicted molar refractivity (Wildman–Crippen MR) is 72.0 cm³/mol. The number of hydrogen-bond acceptors (Lipinski definition) is 5. The Kier molecular flexibility index (Phi) is 3.07. The maximum absolute atomic E-state index is 11.8. The van der Waals surface area contributed by atoms with E-state index in [-0.39, 0.29) is 11.6 Å². The average molecular weight is 271 g/mol. The van der Waals surface area contributed by atoms with E-state index in [1.165, 1.54) is 24.0 Å². The summed E-state index contributed by atoms with van der Waals surface area (Å²) in [5, 5.41) is 5.11. The maximum atomic E-state index is 11.8. The molecule has 0 radical (unpaired) electrons. The third-order valence-corrected chi connectivity index (χ3v) is 3.22. The van der Waals surface area contributed by atoms with Crippen molar-refractivity contribution in [3.8, 4) is 11.3 Å². The molecule has 5 nitrogen and oxygen atoms in total. The molecule has 0 spiro atoms. The summed E-state index contributed by atoms with van der Waals surface area (Å²) >= 11 is 1.37. The van der Waals surface area contributed by atoms with Crippen LogP contribution in [0.25, 0.3) is 11.3 Å². The molecule has 0 saturated carbocycles. The van der Waals surface area contributed by atoms with Gasteiger partial charge in [0.05, 0.1) is 5.69 Å². The Balaban J connectivity index is 1.77. The van der Waals surface area contributed by atoms with Crippen molar-refractivity contribution in [2.45, 2.75) is 0 Å². The van der Waals surface area contributed by atoms with E-state index in [0.717, 1.165) is 11.3 Å². The molecule has 94 valence electrons. The molecule has 1 amide bonds. The van der Waals surface area contributed by atoms with Crippen LogP contribution in [0.2, 0.25) is 0 Å². The Morgan fingerprint density at radius 2 is 2.11 bits per heavy atom. The predicted octanol–water partition coefficient (Wildman–Crippen LogP) is 3.05. The summed E-state index contributed by atoms with van der Waals surface area (Å²) in [5.74, 6) is -0.331. The fourth-order valence-electron chi connectivity index (χ4n) is 1.56. The summed E-state index contributed by atoms with van der Waals surface area (Å²) in [7, 11) is 0. The van der Waals surface area contributed by atoms with Crippen LogP contribution in [0.4, 0.5) is 5.13 Å². The van der Waals surface area contributed by atoms with Gasteiger partial charge in [-0.25, -0.2) is 9.97 Å². The van der Waals surface area contributed by atoms with E-state index < -0.39 is 0 Å². The highest BCUT2D eigenvalue weighted by Gasteiger charge is 2.11. The Bertz CT molecular complexity index is 677. The van der Waals surface area contributed by atoms with Gasteiger partial charge in [-0.2, -0.15) is 0 Å². The molecule has 1 aromatic carbocycles. The number of oxazole rings is 1. The molecule has 0 aliphatic carbocycles. The molecule has 0 aliphatic rings. The second-order valence-electron chi connectivity index (χ2n) is 3.73. The molecular weight excluding hydrogens is 262 g/mol. The first-order valence-corrected chi connectivity index (χ1v) is 6.41. The summed E-state index contributed by atoms with van der Waals surface area (Å²) in [6.07, 6.45) is 2.51. The molecule has 3 aromatic rings. The van der Waals surface area contributed by atoms with Gasteiger partial charge in [0.1, 0.15) is 6.26 Å². The normalized spacial score (nSPS) is 10.3. The van der Waals surface area contributed by atoms with Crippen LogP contribution in [0.15, 0.2) is 52.8 Å². The van der Waals surface area contributed by atoms with Crippen LogP contribution in [-0.4, -0.2) is 15.9 Å². The number of anilines is 1. The van der Waals surface area contributed by atoms with Crippen molar-refractivity contribution in [3.63, 3.8) is 0 Å². The lowest BCUT2D eigenvalue weighted by atomic mass is 10.2. The Morgan fingerprint density at radius 1 is 1.26 bits per heavy atom. The molecule has 0 fully saturated rings. The highest BCUT2D eigenvalue weighted by molar-refractivity contribution is 7.14. The van der Waals surface area contributed by atoms with Crippen molar-refractivity contribution < 1.29 is 9.21 Å². The zero-order chi connectivity index (χ0) is 13.1. The molecule has 3 rings (SSSR count). The Morgan fingerprint density at radius 3 is 2.84 bits per heavy atom. The Labute approximate surface area is 112 Å². The number of hydrogen-bond donors (Lipinski definition) is 1. The lowest BCUT2D eigenvalue weighted by Gasteiger charge is -1.97. The molecule has 0 aliphatic heterocycles. The maximum Gasteiger partial charge on any atom is 0.279 e. The minimum atomic E-state index is -0.331. The molecule has 0 bridgehead atoms. The van der Waals surface area contributed by atoms with Gasteiger partial charge in [-0.05, 0) is 0 Å². The van der Waals surface area contributed by atoms with Crippen molar-refractivity contribution in [3.05, 3.63) is 54.1 Å². The van der Waals surface area contributed by atoms with Gasteiger partial charge in [-0.1, -0.05) is 30.3 Å². The van der Waals surface area contributed by atoms with Gasteiger partial charge in [0, 0.05) is 10.9 Å². The highest BCUT2D eigenvalue weighted by atomic mass is 32.1. The standard InChI is InChI=1S/C13H9N3O2S/c17-12(10-6-18-8-14-10)16-13-15-11(7-19-13)9-4-2-1-3-5-9/h1-8H,(H,15,16,17). The summed E-state index contributed by atoms with van der Waals surface area (Å²) in [4.78, 5) is 19.9. The number of rotatable bonds is 3. The highest BCUT2D eigenvalue weighted by Crippen LogP contribution is 2.24. The van der Waals surface area contributed by atoms with Crippen LogP contribution in [0.1, 0.15) is 10.5 Å². The van der Waals surface area contributed by atoms with E-state index in [0.29, 0.717) is 5.13 Å². The van der Waals surface area contributed by atoms with E-state index >= 15 is 0 Å². The first-order valence-electron chi connectivity index (χ1n) is 5.53. The molecule has 0 unspecified atom stereocenters. The van der Waals surface area contributed by atoms with Crippen LogP contribution in [0.3, 0.4) is 0 Å². The van der Waals surface area contributed by atoms with Crippen LogP contribution < -0.4 is 5.32 Å². The lowest BCUT2D eigenvalue weighted by Crippen LogP contribution is -2.11. The molecule has 6 heteroatoms. The number of carbonyl (C=O) groups is 1. The van der Waals surface area contributed by atoms with Crippen LogP contribution >= 0.6 is 11.3 Å². The summed E-state index contributed by atoms with van der Waals surface area (Å²) in [5.41, 5.74) is 2.08. The number of benzene rings is 1. The van der Waals surface area contributed by atoms with Gasteiger partial charge in [0.2, 0.25) is 0 Å². The van der Waals surface area contributed by atoms with Crippen molar-refractivity contribution in [2.75, 3.05) is 5.32 Å². The SMILES string of the molecule is O=C(Nc1nc(-c2ccccc2)cs1)c1cocn1. The van der Waals surface area contributed by atoms with E-state index in [2.05, 4.69) is 15.3 Å². The van der Waals surface area contributed by atoms with Gasteiger partial charge < -0.3 is 4.42 Å². The third kappa shape index (κ3) is 2.53. The number of thiazole rings is 1. The molecular formula is C13H9N3O2S. The van der Waals surface area contributed by atoms with Crippen molar-refractivity contribution in [1.82, 2.24) is 9.97 Å². The van der Waals surface area contributed by atoms with Crippen molar-refractivity contribution >= 4 is 22.4 Å². The van der Waals surface area contributed by atoms with E-state index in [9.17, 15) is 4.79 Å². The number of amides is 1. The number of nitrogens with one attached hydrogen (secondary N) is 1. The number of nitrogens with zero attached hydrogens (tertiary/aromatic N) is 2. The van der Waals surface area contributed by atoms with Crippen LogP contribution in [-0.2, 0) is 0 Å². The summed E-state index contributed by atoms with van der Waals surface area (Å²) < 4.78 is 4.76. The van der Waals surface area contributed by atoms with Crippen LogP contribution in [0, 0.1) is 0 Å². The minimum absolute atomic E-state index is 0.233. The largest absolute Gasteiger partial charge is 0.451 e. The Hall–Kier alpha value is -2.47. The topological polar surface area (TPSA) is 68.0 Å². The second kappa shape index (κ2) is 5.03. The second-order valence-corrected chi connectivity index (χ2v) is 4.59. The molecule has 1 N–H and O–H groups in total. The van der Waals surface area contributed by atoms with Gasteiger partial charge in [-0.15, -0.1) is 11.3 Å². The zero-order valence-electron chi connectivity index (χ0n) is 9.74. The fraction of sp³-hybridized carbons (Fsp3) is 0.